The minimum atomic E-state index is -4.06. The van der Waals surface area contributed by atoms with E-state index in [4.69, 9.17) is 5.14 Å². The molecule has 108 valence electrons. The fourth-order valence-electron chi connectivity index (χ4n) is 1.84. The van der Waals surface area contributed by atoms with Crippen molar-refractivity contribution in [1.29, 1.82) is 0 Å². The van der Waals surface area contributed by atoms with E-state index in [9.17, 15) is 21.9 Å². The monoisotopic (exact) mass is 316 g/mol. The smallest absolute Gasteiger partial charge is 0.241 e. The number of primary sulfonamides is 1. The number of nitrogens with two attached hydrogens (primary N) is 1. The van der Waals surface area contributed by atoms with Gasteiger partial charge >= 0.3 is 0 Å². The summed E-state index contributed by atoms with van der Waals surface area (Å²) in [5.41, 5.74) is 0.237. The molecule has 2 aromatic carbocycles. The Morgan fingerprint density at radius 2 is 1.70 bits per heavy atom. The Balaban J connectivity index is 2.77. The van der Waals surface area contributed by atoms with E-state index in [1.807, 2.05) is 0 Å². The van der Waals surface area contributed by atoms with Crippen LogP contribution in [0.2, 0.25) is 0 Å². The first-order valence-corrected chi connectivity index (χ1v) is 8.78. The summed E-state index contributed by atoms with van der Waals surface area (Å²) in [5, 5.41) is 15.5. The standard InChI is InChI=1S/C11H12N2O5S2/c1-19(15,16)13-9-4-2-3-8-7(9)5-6-10(11(8)14)20(12,17)18/h2-6,13-14H,1H3,(H2,12,17,18). The molecule has 0 amide bonds. The van der Waals surface area contributed by atoms with Crippen molar-refractivity contribution in [2.75, 3.05) is 11.0 Å². The molecule has 20 heavy (non-hydrogen) atoms. The molecule has 0 aliphatic carbocycles. The maximum absolute atomic E-state index is 11.3. The topological polar surface area (TPSA) is 127 Å². The van der Waals surface area contributed by atoms with Crippen molar-refractivity contribution in [3.8, 4) is 5.75 Å². The van der Waals surface area contributed by atoms with Gasteiger partial charge in [0.1, 0.15) is 10.6 Å². The lowest BCUT2D eigenvalue weighted by Crippen LogP contribution is -2.13. The first-order chi connectivity index (χ1) is 9.09. The van der Waals surface area contributed by atoms with E-state index in [1.54, 1.807) is 0 Å². The lowest BCUT2D eigenvalue weighted by molar-refractivity contribution is 0.465. The molecule has 0 bridgehead atoms. The van der Waals surface area contributed by atoms with Crippen molar-refractivity contribution in [1.82, 2.24) is 0 Å². The van der Waals surface area contributed by atoms with E-state index >= 15 is 0 Å². The average Bonchev–Trinajstić information content (AvgIpc) is 2.26. The van der Waals surface area contributed by atoms with Crippen LogP contribution in [0.25, 0.3) is 10.8 Å². The summed E-state index contributed by atoms with van der Waals surface area (Å²) < 4.78 is 47.5. The van der Waals surface area contributed by atoms with Crippen LogP contribution in [-0.2, 0) is 20.0 Å². The number of fused-ring (bicyclic) bond motifs is 1. The van der Waals surface area contributed by atoms with Crippen LogP contribution in [0.3, 0.4) is 0 Å². The van der Waals surface area contributed by atoms with Crippen LogP contribution in [0, 0.1) is 0 Å². The van der Waals surface area contributed by atoms with E-state index in [0.717, 1.165) is 12.3 Å². The number of hydrogen-bond acceptors (Lipinski definition) is 5. The molecule has 0 fully saturated rings. The maximum atomic E-state index is 11.3. The minimum absolute atomic E-state index is 0.185. The van der Waals surface area contributed by atoms with Crippen molar-refractivity contribution in [2.45, 2.75) is 4.90 Å². The summed E-state index contributed by atoms with van der Waals surface area (Å²) in [6.07, 6.45) is 0.990. The number of anilines is 1. The fourth-order valence-corrected chi connectivity index (χ4v) is 3.05. The third kappa shape index (κ3) is 2.84. The summed E-state index contributed by atoms with van der Waals surface area (Å²) in [6.45, 7) is 0. The van der Waals surface area contributed by atoms with Crippen molar-refractivity contribution in [3.05, 3.63) is 30.3 Å². The molecule has 0 aliphatic rings. The molecule has 7 nitrogen and oxygen atoms in total. The SMILES string of the molecule is CS(=O)(=O)Nc1cccc2c(O)c(S(N)(=O)=O)ccc12. The van der Waals surface area contributed by atoms with E-state index in [1.165, 1.54) is 24.3 Å². The largest absolute Gasteiger partial charge is 0.506 e. The van der Waals surface area contributed by atoms with Crippen LogP contribution >= 0.6 is 0 Å². The van der Waals surface area contributed by atoms with Gasteiger partial charge in [0.15, 0.2) is 0 Å². The van der Waals surface area contributed by atoms with Crippen LogP contribution in [0.15, 0.2) is 35.2 Å². The van der Waals surface area contributed by atoms with Gasteiger partial charge in [-0.1, -0.05) is 18.2 Å². The third-order valence-electron chi connectivity index (χ3n) is 2.60. The normalized spacial score (nSPS) is 12.5. The summed E-state index contributed by atoms with van der Waals surface area (Å²) in [6, 6.07) is 6.96. The van der Waals surface area contributed by atoms with Crippen molar-refractivity contribution in [2.24, 2.45) is 5.14 Å². The summed E-state index contributed by atoms with van der Waals surface area (Å²) in [5.74, 6) is -0.512. The number of rotatable bonds is 3. The zero-order chi connectivity index (χ0) is 15.1. The molecule has 2 aromatic rings. The van der Waals surface area contributed by atoms with Gasteiger partial charge in [-0.3, -0.25) is 4.72 Å². The quantitative estimate of drug-likeness (QED) is 0.762. The minimum Gasteiger partial charge on any atom is -0.506 e. The molecule has 0 saturated heterocycles. The van der Waals surface area contributed by atoms with Crippen LogP contribution in [0.5, 0.6) is 5.75 Å². The Labute approximate surface area is 116 Å². The lowest BCUT2D eigenvalue weighted by Gasteiger charge is -2.11. The van der Waals surface area contributed by atoms with E-state index in [-0.39, 0.29) is 11.1 Å². The van der Waals surface area contributed by atoms with Crippen molar-refractivity contribution in [3.63, 3.8) is 0 Å². The number of sulfonamides is 2. The molecule has 0 aromatic heterocycles. The summed E-state index contributed by atoms with van der Waals surface area (Å²) >= 11 is 0. The third-order valence-corrected chi connectivity index (χ3v) is 4.13. The molecule has 0 radical (unpaired) electrons. The highest BCUT2D eigenvalue weighted by Gasteiger charge is 2.17. The second kappa shape index (κ2) is 4.62. The number of benzene rings is 2. The Morgan fingerprint density at radius 1 is 1.05 bits per heavy atom. The molecular weight excluding hydrogens is 304 g/mol. The lowest BCUT2D eigenvalue weighted by atomic mass is 10.1. The van der Waals surface area contributed by atoms with Gasteiger partial charge in [-0.05, 0) is 12.1 Å². The second-order valence-electron chi connectivity index (χ2n) is 4.23. The Kier molecular flexibility index (Phi) is 3.36. The molecule has 0 atom stereocenters. The van der Waals surface area contributed by atoms with Gasteiger partial charge in [0.25, 0.3) is 0 Å². The van der Waals surface area contributed by atoms with Crippen LogP contribution in [0.1, 0.15) is 0 Å². The Bertz CT molecular complexity index is 888. The highest BCUT2D eigenvalue weighted by Crippen LogP contribution is 2.34. The predicted molar refractivity (Wildman–Crippen MR) is 75.5 cm³/mol. The van der Waals surface area contributed by atoms with Gasteiger partial charge in [0.05, 0.1) is 11.9 Å². The number of phenols is 1. The number of nitrogens with one attached hydrogen (secondary N) is 1. The zero-order valence-electron chi connectivity index (χ0n) is 10.4. The van der Waals surface area contributed by atoms with Gasteiger partial charge in [0.2, 0.25) is 20.0 Å². The highest BCUT2D eigenvalue weighted by atomic mass is 32.2. The van der Waals surface area contributed by atoms with Gasteiger partial charge in [-0.25, -0.2) is 22.0 Å². The molecule has 0 spiro atoms. The predicted octanol–water partition coefficient (Wildman–Crippen LogP) is 0.564. The number of hydrogen-bond donors (Lipinski definition) is 3. The van der Waals surface area contributed by atoms with E-state index in [2.05, 4.69) is 4.72 Å². The molecular formula is C11H12N2O5S2. The van der Waals surface area contributed by atoms with Crippen LogP contribution < -0.4 is 9.86 Å². The first-order valence-electron chi connectivity index (χ1n) is 5.35. The Hall–Kier alpha value is -1.84. The second-order valence-corrected chi connectivity index (χ2v) is 7.51. The molecule has 9 heteroatoms. The van der Waals surface area contributed by atoms with Gasteiger partial charge in [0, 0.05) is 10.8 Å². The van der Waals surface area contributed by atoms with Crippen LogP contribution in [-0.4, -0.2) is 28.2 Å². The fraction of sp³-hybridized carbons (Fsp3) is 0.0909. The summed E-state index contributed by atoms with van der Waals surface area (Å²) in [4.78, 5) is -0.415. The number of aromatic hydroxyl groups is 1. The van der Waals surface area contributed by atoms with Crippen molar-refractivity contribution < 1.29 is 21.9 Å². The van der Waals surface area contributed by atoms with Crippen molar-refractivity contribution >= 4 is 36.5 Å². The molecule has 0 unspecified atom stereocenters. The number of phenolic OH excluding ortho intramolecular Hbond substituents is 1. The Morgan fingerprint density at radius 3 is 2.25 bits per heavy atom. The van der Waals surface area contributed by atoms with E-state index in [0.29, 0.717) is 5.39 Å². The van der Waals surface area contributed by atoms with Gasteiger partial charge < -0.3 is 5.11 Å². The molecule has 0 saturated carbocycles. The average molecular weight is 316 g/mol. The molecule has 0 heterocycles. The highest BCUT2D eigenvalue weighted by molar-refractivity contribution is 7.92. The first kappa shape index (κ1) is 14.6. The molecule has 2 rings (SSSR count). The van der Waals surface area contributed by atoms with Crippen LogP contribution in [0.4, 0.5) is 5.69 Å². The van der Waals surface area contributed by atoms with E-state index < -0.39 is 30.7 Å². The molecule has 4 N–H and O–H groups in total. The van der Waals surface area contributed by atoms with Gasteiger partial charge in [-0.15, -0.1) is 0 Å². The maximum Gasteiger partial charge on any atom is 0.241 e. The summed E-state index contributed by atoms with van der Waals surface area (Å²) in [7, 11) is -7.56. The zero-order valence-corrected chi connectivity index (χ0v) is 12.0. The van der Waals surface area contributed by atoms with Gasteiger partial charge in [-0.2, -0.15) is 0 Å². The molecule has 0 aliphatic heterocycles.